The van der Waals surface area contributed by atoms with Crippen LogP contribution in [0.1, 0.15) is 6.23 Å². The van der Waals surface area contributed by atoms with Gasteiger partial charge in [0.25, 0.3) is 15.6 Å². The Kier molecular flexibility index (Phi) is 6.68. The van der Waals surface area contributed by atoms with E-state index in [9.17, 15) is 43.5 Å². The van der Waals surface area contributed by atoms with Crippen molar-refractivity contribution < 1.29 is 61.4 Å². The minimum absolute atomic E-state index is 0.0195. The molecule has 0 saturated carbocycles. The van der Waals surface area contributed by atoms with Crippen molar-refractivity contribution in [1.29, 1.82) is 0 Å². The van der Waals surface area contributed by atoms with Crippen molar-refractivity contribution in [1.82, 2.24) is 19.5 Å². The highest BCUT2D eigenvalue weighted by molar-refractivity contribution is 7.64. The maximum atomic E-state index is 11.6. The number of aromatic nitrogens is 4. The van der Waals surface area contributed by atoms with Crippen LogP contribution in [0.4, 0.5) is 5.82 Å². The van der Waals surface area contributed by atoms with Gasteiger partial charge in [0.2, 0.25) is 0 Å². The lowest BCUT2D eigenvalue weighted by Gasteiger charge is -2.37. The van der Waals surface area contributed by atoms with Gasteiger partial charge in [-0.1, -0.05) is 0 Å². The van der Waals surface area contributed by atoms with E-state index in [2.05, 4.69) is 28.1 Å². The summed E-state index contributed by atoms with van der Waals surface area (Å²) < 4.78 is 50.2. The van der Waals surface area contributed by atoms with Gasteiger partial charge in [0.05, 0.1) is 20.8 Å². The third-order valence-corrected chi connectivity index (χ3v) is 7.46. The molecule has 1 saturated heterocycles. The first-order chi connectivity index (χ1) is 14.2. The minimum atomic E-state index is -6.14. The number of nitrogen functional groups attached to an aromatic ring is 1. The maximum absolute atomic E-state index is 11.6. The van der Waals surface area contributed by atoms with Gasteiger partial charge < -0.3 is 49.3 Å². The molecule has 18 nitrogen and oxygen atoms in total. The lowest BCUT2D eigenvalue weighted by molar-refractivity contribution is -0.339. The fourth-order valence-electron chi connectivity index (χ4n) is 2.60. The highest BCUT2D eigenvalue weighted by Crippen LogP contribution is 2.60. The summed E-state index contributed by atoms with van der Waals surface area (Å²) in [5, 5.41) is 20.3. The minimum Gasteiger partial charge on any atom is -0.790 e. The summed E-state index contributed by atoms with van der Waals surface area (Å²) in [7, 11) is -18.1. The summed E-state index contributed by atoms with van der Waals surface area (Å²) in [4.78, 5) is 54.9. The van der Waals surface area contributed by atoms with Crippen molar-refractivity contribution in [2.24, 2.45) is 0 Å². The molecule has 6 atom stereocenters. The second-order valence-corrected chi connectivity index (χ2v) is 10.2. The fraction of sp³-hybridized carbons (Fsp3) is 0.500. The van der Waals surface area contributed by atoms with Crippen LogP contribution in [0.5, 0.6) is 0 Å². The molecule has 31 heavy (non-hydrogen) atoms. The Morgan fingerprint density at radius 2 is 1.74 bits per heavy atom. The van der Waals surface area contributed by atoms with Gasteiger partial charge in [-0.3, -0.25) is 18.0 Å². The molecule has 0 radical (unpaired) electrons. The molecule has 174 valence electrons. The van der Waals surface area contributed by atoms with Crippen LogP contribution in [0.3, 0.4) is 0 Å². The van der Waals surface area contributed by atoms with Crippen molar-refractivity contribution in [3.05, 3.63) is 12.7 Å². The summed E-state index contributed by atoms with van der Waals surface area (Å²) in [6.45, 7) is -1.08. The number of aliphatic hydroxyl groups excluding tert-OH is 2. The van der Waals surface area contributed by atoms with E-state index < -0.39 is 54.6 Å². The molecule has 1 aliphatic heterocycles. The van der Waals surface area contributed by atoms with Crippen molar-refractivity contribution in [2.75, 3.05) is 12.3 Å². The van der Waals surface area contributed by atoms with E-state index in [0.717, 1.165) is 12.7 Å². The van der Waals surface area contributed by atoms with Gasteiger partial charge in [-0.2, -0.15) is 0 Å². The normalized spacial score (nSPS) is 28.5. The van der Waals surface area contributed by atoms with Gasteiger partial charge in [0.15, 0.2) is 17.7 Å². The Morgan fingerprint density at radius 3 is 2.39 bits per heavy atom. The van der Waals surface area contributed by atoms with Crippen LogP contribution in [0.25, 0.3) is 11.2 Å². The molecule has 1 aliphatic rings. The summed E-state index contributed by atoms with van der Waals surface area (Å²) in [5.74, 6) is 0.0195. The van der Waals surface area contributed by atoms with E-state index >= 15 is 0 Å². The van der Waals surface area contributed by atoms with Gasteiger partial charge in [-0.25, -0.2) is 19.3 Å². The smallest absolute Gasteiger partial charge is 0.278 e. The number of phosphoric acid groups is 3. The van der Waals surface area contributed by atoms with Crippen molar-refractivity contribution in [3.63, 3.8) is 0 Å². The maximum Gasteiger partial charge on any atom is 0.278 e. The van der Waals surface area contributed by atoms with E-state index in [4.69, 9.17) is 10.5 Å². The second-order valence-electron chi connectivity index (χ2n) is 5.93. The van der Waals surface area contributed by atoms with Crippen LogP contribution in [0, 0.1) is 0 Å². The summed E-state index contributed by atoms with van der Waals surface area (Å²) in [5.41, 5.74) is 5.92. The standard InChI is InChI=1S/C10H16N5O13P3/c11-8-5-9(13-2-12-8)15(3-14-5)10-7(17)6(16)4(26-10)1-25-30(21,22)28-31(23,24)27-29(18,19)20/h2-4,6-7,10,16-17H,1H2,(H,21,22)(H,23,24)(H2,11,12,13)(H2,18,19,20)/p-4/t4-,6-,7+,10+/m1/s1. The van der Waals surface area contributed by atoms with Crippen molar-refractivity contribution >= 4 is 40.4 Å². The molecule has 3 heterocycles. The van der Waals surface area contributed by atoms with Crippen LogP contribution >= 0.6 is 23.5 Å². The second kappa shape index (κ2) is 8.53. The van der Waals surface area contributed by atoms with Gasteiger partial charge in [-0.05, 0) is 0 Å². The Labute approximate surface area is 171 Å². The number of fused-ring (bicyclic) bond motifs is 1. The third-order valence-electron chi connectivity index (χ3n) is 3.80. The molecular formula is C10H12N5O13P3-4. The first-order valence-corrected chi connectivity index (χ1v) is 12.2. The Hall–Kier alpha value is -1.36. The quantitative estimate of drug-likeness (QED) is 0.288. The molecular weight excluding hydrogens is 491 g/mol. The zero-order valence-electron chi connectivity index (χ0n) is 14.8. The number of hydrogen-bond donors (Lipinski definition) is 3. The Bertz CT molecular complexity index is 1100. The van der Waals surface area contributed by atoms with Crippen LogP contribution in [-0.2, 0) is 31.6 Å². The molecule has 0 aliphatic carbocycles. The van der Waals surface area contributed by atoms with Crippen molar-refractivity contribution in [3.8, 4) is 0 Å². The topological polar surface area (TPSA) is 290 Å². The number of nitrogens with two attached hydrogens (primary N) is 1. The summed E-state index contributed by atoms with van der Waals surface area (Å²) in [6, 6.07) is 0. The third kappa shape index (κ3) is 5.71. The molecule has 0 aromatic carbocycles. The van der Waals surface area contributed by atoms with E-state index in [1.165, 1.54) is 4.57 Å². The molecule has 21 heteroatoms. The van der Waals surface area contributed by atoms with Gasteiger partial charge in [0, 0.05) is 0 Å². The van der Waals surface area contributed by atoms with E-state index in [1.54, 1.807) is 0 Å². The predicted molar refractivity (Wildman–Crippen MR) is 86.6 cm³/mol. The molecule has 3 rings (SSSR count). The number of aliphatic hydroxyl groups is 2. The average molecular weight is 503 g/mol. The first kappa shape index (κ1) is 24.3. The average Bonchev–Trinajstić information content (AvgIpc) is 3.13. The molecule has 2 unspecified atom stereocenters. The van der Waals surface area contributed by atoms with Gasteiger partial charge >= 0.3 is 0 Å². The van der Waals surface area contributed by atoms with Crippen LogP contribution < -0.4 is 25.3 Å². The zero-order chi connectivity index (χ0) is 23.2. The Balaban J connectivity index is 1.69. The number of nitrogens with zero attached hydrogens (tertiary/aromatic N) is 4. The van der Waals surface area contributed by atoms with Gasteiger partial charge in [0.1, 0.15) is 30.2 Å². The molecule has 2 aromatic rings. The SMILES string of the molecule is Nc1ncnc2c1ncn2[C@H]1O[C@H](COP(=O)([O-])OP(=O)([O-])OP(=O)([O-])[O-])[C@@H](O)[C@@H]1O. The zero-order valence-corrected chi connectivity index (χ0v) is 17.4. The van der Waals surface area contributed by atoms with Crippen LogP contribution in [-0.4, -0.2) is 54.7 Å². The number of imidazole rings is 1. The van der Waals surface area contributed by atoms with Crippen molar-refractivity contribution in [2.45, 2.75) is 24.5 Å². The first-order valence-electron chi connectivity index (χ1n) is 7.85. The highest BCUT2D eigenvalue weighted by atomic mass is 31.3. The number of phosphoric ester groups is 1. The molecule has 4 N–H and O–H groups in total. The van der Waals surface area contributed by atoms with E-state index in [0.29, 0.717) is 0 Å². The number of rotatable bonds is 8. The van der Waals surface area contributed by atoms with E-state index in [1.807, 2.05) is 0 Å². The fourth-order valence-corrected chi connectivity index (χ4v) is 5.47. The molecule has 0 amide bonds. The lowest BCUT2D eigenvalue weighted by atomic mass is 10.1. The highest BCUT2D eigenvalue weighted by Gasteiger charge is 2.45. The molecule has 1 fully saturated rings. The van der Waals surface area contributed by atoms with Gasteiger partial charge in [-0.15, -0.1) is 0 Å². The van der Waals surface area contributed by atoms with E-state index in [-0.39, 0.29) is 17.0 Å². The Morgan fingerprint density at radius 1 is 1.06 bits per heavy atom. The molecule has 0 bridgehead atoms. The lowest BCUT2D eigenvalue weighted by Crippen LogP contribution is -2.34. The monoisotopic (exact) mass is 503 g/mol. The largest absolute Gasteiger partial charge is 0.790 e. The predicted octanol–water partition coefficient (Wildman–Crippen LogP) is -4.16. The summed E-state index contributed by atoms with van der Waals surface area (Å²) in [6.07, 6.45) is -3.99. The number of ether oxygens (including phenoxy) is 1. The number of anilines is 1. The molecule has 0 spiro atoms. The molecule has 2 aromatic heterocycles. The van der Waals surface area contributed by atoms with Crippen LogP contribution in [0.2, 0.25) is 0 Å². The number of hydrogen-bond acceptors (Lipinski definition) is 17. The summed E-state index contributed by atoms with van der Waals surface area (Å²) >= 11 is 0. The van der Waals surface area contributed by atoms with Crippen LogP contribution in [0.15, 0.2) is 12.7 Å².